The number of hydrogen-bond donors (Lipinski definition) is 3. The number of pyridine rings is 1. The summed E-state index contributed by atoms with van der Waals surface area (Å²) in [5.74, 6) is 0.426. The number of aromatic nitrogens is 1. The lowest BCUT2D eigenvalue weighted by Crippen LogP contribution is -2.14. The first-order valence-corrected chi connectivity index (χ1v) is 5.56. The fraction of sp³-hybridized carbons (Fsp3) is 0.0769. The number of amides is 1. The molecule has 0 saturated carbocycles. The Morgan fingerprint density at radius 3 is 2.58 bits per heavy atom. The van der Waals surface area contributed by atoms with Crippen molar-refractivity contribution < 1.29 is 9.53 Å². The van der Waals surface area contributed by atoms with Gasteiger partial charge in [-0.1, -0.05) is 0 Å². The second-order valence-corrected chi connectivity index (χ2v) is 3.87. The number of methoxy groups -OCH3 is 1. The number of nitrogens with one attached hydrogen (secondary N) is 1. The van der Waals surface area contributed by atoms with Crippen molar-refractivity contribution >= 4 is 23.1 Å². The zero-order valence-corrected chi connectivity index (χ0v) is 10.4. The fourth-order valence-electron chi connectivity index (χ4n) is 1.60. The van der Waals surface area contributed by atoms with Gasteiger partial charge in [0.1, 0.15) is 11.6 Å². The predicted molar refractivity (Wildman–Crippen MR) is 73.4 cm³/mol. The second-order valence-electron chi connectivity index (χ2n) is 3.87. The Labute approximate surface area is 110 Å². The summed E-state index contributed by atoms with van der Waals surface area (Å²) in [5.41, 5.74) is 12.4. The summed E-state index contributed by atoms with van der Waals surface area (Å²) < 4.78 is 5.07. The highest BCUT2D eigenvalue weighted by atomic mass is 16.5. The molecule has 2 rings (SSSR count). The highest BCUT2D eigenvalue weighted by molar-refractivity contribution is 5.99. The van der Waals surface area contributed by atoms with E-state index >= 15 is 0 Å². The molecule has 1 heterocycles. The third kappa shape index (κ3) is 2.92. The minimum Gasteiger partial charge on any atom is -0.497 e. The summed E-state index contributed by atoms with van der Waals surface area (Å²) in [7, 11) is 1.59. The smallest absolute Gasteiger partial charge is 0.251 e. The molecule has 0 aliphatic heterocycles. The van der Waals surface area contributed by atoms with Crippen molar-refractivity contribution in [1.29, 1.82) is 0 Å². The lowest BCUT2D eigenvalue weighted by molar-refractivity contribution is 0.100. The van der Waals surface area contributed by atoms with E-state index in [4.69, 9.17) is 16.2 Å². The molecule has 5 N–H and O–H groups in total. The number of carbonyl (C=O) groups is 1. The van der Waals surface area contributed by atoms with Crippen molar-refractivity contribution in [2.45, 2.75) is 0 Å². The Balaban J connectivity index is 2.29. The van der Waals surface area contributed by atoms with E-state index in [0.717, 1.165) is 11.4 Å². The van der Waals surface area contributed by atoms with Crippen LogP contribution in [0.15, 0.2) is 36.5 Å². The van der Waals surface area contributed by atoms with E-state index in [9.17, 15) is 4.79 Å². The Hall–Kier alpha value is -2.76. The molecule has 0 spiro atoms. The lowest BCUT2D eigenvalue weighted by Gasteiger charge is -2.10. The fourth-order valence-corrected chi connectivity index (χ4v) is 1.60. The van der Waals surface area contributed by atoms with Gasteiger partial charge < -0.3 is 21.5 Å². The first kappa shape index (κ1) is 12.7. The van der Waals surface area contributed by atoms with Gasteiger partial charge in [0.2, 0.25) is 0 Å². The van der Waals surface area contributed by atoms with Crippen LogP contribution in [-0.2, 0) is 0 Å². The molecule has 0 aliphatic carbocycles. The summed E-state index contributed by atoms with van der Waals surface area (Å²) in [6.07, 6.45) is 1.47. The Bertz CT molecular complexity index is 596. The molecule has 0 atom stereocenters. The van der Waals surface area contributed by atoms with Crippen LogP contribution in [0, 0.1) is 0 Å². The molecule has 0 bridgehead atoms. The lowest BCUT2D eigenvalue weighted by atomic mass is 10.2. The monoisotopic (exact) mass is 258 g/mol. The number of carbonyl (C=O) groups excluding carboxylic acids is 1. The average molecular weight is 258 g/mol. The van der Waals surface area contributed by atoms with Gasteiger partial charge in [-0.3, -0.25) is 4.79 Å². The molecule has 2 aromatic rings. The number of nitrogens with zero attached hydrogens (tertiary/aromatic N) is 1. The van der Waals surface area contributed by atoms with E-state index in [1.807, 2.05) is 12.1 Å². The normalized spacial score (nSPS) is 9.95. The topological polar surface area (TPSA) is 103 Å². The van der Waals surface area contributed by atoms with Crippen molar-refractivity contribution in [3.8, 4) is 5.75 Å². The van der Waals surface area contributed by atoms with Crippen molar-refractivity contribution in [2.75, 3.05) is 18.2 Å². The zero-order chi connectivity index (χ0) is 13.8. The van der Waals surface area contributed by atoms with Crippen LogP contribution in [-0.4, -0.2) is 18.0 Å². The van der Waals surface area contributed by atoms with E-state index in [-0.39, 0.29) is 5.82 Å². The maximum Gasteiger partial charge on any atom is 0.251 e. The summed E-state index contributed by atoms with van der Waals surface area (Å²) >= 11 is 0. The third-order valence-electron chi connectivity index (χ3n) is 2.56. The maximum absolute atomic E-state index is 11.3. The Kier molecular flexibility index (Phi) is 3.51. The third-order valence-corrected chi connectivity index (χ3v) is 2.56. The molecule has 6 heteroatoms. The number of nitrogens with two attached hydrogens (primary N) is 2. The van der Waals surface area contributed by atoms with Crippen LogP contribution in [0.25, 0.3) is 0 Å². The molecule has 1 aromatic heterocycles. The van der Waals surface area contributed by atoms with E-state index in [1.54, 1.807) is 19.2 Å². The molecule has 0 saturated heterocycles. The summed E-state index contributed by atoms with van der Waals surface area (Å²) in [5, 5.41) is 3.06. The van der Waals surface area contributed by atoms with Crippen LogP contribution < -0.4 is 21.5 Å². The number of nitrogen functional groups attached to an aromatic ring is 1. The van der Waals surface area contributed by atoms with Crippen LogP contribution in [0.5, 0.6) is 5.75 Å². The number of hydrogen-bond acceptors (Lipinski definition) is 5. The van der Waals surface area contributed by atoms with Crippen LogP contribution in [0.4, 0.5) is 17.2 Å². The highest BCUT2D eigenvalue weighted by Crippen LogP contribution is 2.23. The van der Waals surface area contributed by atoms with Gasteiger partial charge in [-0.15, -0.1) is 0 Å². The van der Waals surface area contributed by atoms with E-state index in [2.05, 4.69) is 10.3 Å². The molecule has 0 aliphatic rings. The minimum absolute atomic E-state index is 0.245. The first-order valence-electron chi connectivity index (χ1n) is 5.56. The summed E-state index contributed by atoms with van der Waals surface area (Å²) in [6.45, 7) is 0. The van der Waals surface area contributed by atoms with E-state index < -0.39 is 5.91 Å². The van der Waals surface area contributed by atoms with Gasteiger partial charge >= 0.3 is 0 Å². The van der Waals surface area contributed by atoms with Crippen LogP contribution in [0.3, 0.4) is 0 Å². The molecule has 19 heavy (non-hydrogen) atoms. The molecule has 0 radical (unpaired) electrons. The van der Waals surface area contributed by atoms with Crippen LogP contribution >= 0.6 is 0 Å². The predicted octanol–water partition coefficient (Wildman–Crippen LogP) is 1.51. The molecular formula is C13H14N4O2. The Morgan fingerprint density at radius 1 is 1.32 bits per heavy atom. The number of ether oxygens (including phenoxy) is 1. The molecule has 98 valence electrons. The summed E-state index contributed by atoms with van der Waals surface area (Å²) in [4.78, 5) is 15.3. The first-order chi connectivity index (χ1) is 9.10. The zero-order valence-electron chi connectivity index (χ0n) is 10.4. The quantitative estimate of drug-likeness (QED) is 0.771. The van der Waals surface area contributed by atoms with Gasteiger partial charge in [0.25, 0.3) is 5.91 Å². The molecule has 1 amide bonds. The van der Waals surface area contributed by atoms with Crippen molar-refractivity contribution in [3.63, 3.8) is 0 Å². The standard InChI is InChI=1S/C13H14N4O2/c1-19-9-4-2-8(3-5-9)17-11-7-16-12(14)6-10(11)13(15)18/h2-7,17H,1H3,(H2,14,16)(H2,15,18). The minimum atomic E-state index is -0.565. The SMILES string of the molecule is COc1ccc(Nc2cnc(N)cc2C(N)=O)cc1. The van der Waals surface area contributed by atoms with E-state index in [1.165, 1.54) is 12.3 Å². The number of anilines is 3. The van der Waals surface area contributed by atoms with Crippen molar-refractivity contribution in [1.82, 2.24) is 4.98 Å². The molecule has 1 aromatic carbocycles. The highest BCUT2D eigenvalue weighted by Gasteiger charge is 2.09. The van der Waals surface area contributed by atoms with Gasteiger partial charge in [-0.05, 0) is 30.3 Å². The molecular weight excluding hydrogens is 244 g/mol. The van der Waals surface area contributed by atoms with Gasteiger partial charge in [-0.25, -0.2) is 4.98 Å². The number of rotatable bonds is 4. The van der Waals surface area contributed by atoms with Crippen LogP contribution in [0.1, 0.15) is 10.4 Å². The van der Waals surface area contributed by atoms with Crippen molar-refractivity contribution in [2.24, 2.45) is 5.73 Å². The van der Waals surface area contributed by atoms with Crippen molar-refractivity contribution in [3.05, 3.63) is 42.1 Å². The van der Waals surface area contributed by atoms with Crippen LogP contribution in [0.2, 0.25) is 0 Å². The second kappa shape index (κ2) is 5.26. The summed E-state index contributed by atoms with van der Waals surface area (Å²) in [6, 6.07) is 8.68. The average Bonchev–Trinajstić information content (AvgIpc) is 2.41. The number of primary amides is 1. The van der Waals surface area contributed by atoms with E-state index in [0.29, 0.717) is 11.3 Å². The maximum atomic E-state index is 11.3. The largest absolute Gasteiger partial charge is 0.497 e. The molecule has 6 nitrogen and oxygen atoms in total. The van der Waals surface area contributed by atoms with Gasteiger partial charge in [-0.2, -0.15) is 0 Å². The Morgan fingerprint density at radius 2 is 2.00 bits per heavy atom. The molecule has 0 fully saturated rings. The van der Waals surface area contributed by atoms with Gasteiger partial charge in [0.05, 0.1) is 24.6 Å². The number of benzene rings is 1. The van der Waals surface area contributed by atoms with Gasteiger partial charge in [0, 0.05) is 5.69 Å². The van der Waals surface area contributed by atoms with Gasteiger partial charge in [0.15, 0.2) is 0 Å². The molecule has 0 unspecified atom stereocenters.